The minimum Gasteiger partial charge on any atom is -0.481 e. The third-order valence-corrected chi connectivity index (χ3v) is 2.66. The summed E-state index contributed by atoms with van der Waals surface area (Å²) >= 11 is 5.69. The van der Waals surface area contributed by atoms with Gasteiger partial charge < -0.3 is 15.7 Å². The number of halogens is 2. The molecule has 1 atom stereocenters. The maximum atomic E-state index is 13.4. The maximum Gasteiger partial charge on any atom is 0.319 e. The fourth-order valence-electron chi connectivity index (χ4n) is 1.45. The molecule has 0 bridgehead atoms. The van der Waals surface area contributed by atoms with Gasteiger partial charge in [-0.15, -0.1) is 0 Å². The number of rotatable bonds is 5. The van der Waals surface area contributed by atoms with Gasteiger partial charge in [-0.25, -0.2) is 9.18 Å². The molecule has 104 valence electrons. The lowest BCUT2D eigenvalue weighted by Gasteiger charge is -2.15. The Bertz CT molecular complexity index is 482. The SMILES string of the molecule is CCC(CC(=O)O)NC(=O)Nc1cc(Cl)ccc1F. The lowest BCUT2D eigenvalue weighted by Crippen LogP contribution is -2.39. The Morgan fingerprint density at radius 1 is 1.47 bits per heavy atom. The molecule has 0 radical (unpaired) electrons. The zero-order chi connectivity index (χ0) is 14.4. The number of carboxylic acids is 1. The average Bonchev–Trinajstić information content (AvgIpc) is 2.32. The quantitative estimate of drug-likeness (QED) is 0.779. The van der Waals surface area contributed by atoms with Crippen LogP contribution in [0.3, 0.4) is 0 Å². The fraction of sp³-hybridized carbons (Fsp3) is 0.333. The number of nitrogens with one attached hydrogen (secondary N) is 2. The molecule has 7 heteroatoms. The molecule has 2 amide bonds. The molecule has 5 nitrogen and oxygen atoms in total. The van der Waals surface area contributed by atoms with E-state index in [1.54, 1.807) is 6.92 Å². The number of benzene rings is 1. The third kappa shape index (κ3) is 5.13. The van der Waals surface area contributed by atoms with Crippen molar-refractivity contribution in [3.8, 4) is 0 Å². The van der Waals surface area contributed by atoms with Crippen LogP contribution in [0.2, 0.25) is 5.02 Å². The number of amides is 2. The summed E-state index contributed by atoms with van der Waals surface area (Å²) in [5.74, 6) is -1.63. The third-order valence-electron chi connectivity index (χ3n) is 2.43. The highest BCUT2D eigenvalue weighted by molar-refractivity contribution is 6.30. The first-order valence-corrected chi connectivity index (χ1v) is 6.04. The molecule has 0 aliphatic rings. The van der Waals surface area contributed by atoms with Crippen molar-refractivity contribution in [2.24, 2.45) is 0 Å². The zero-order valence-electron chi connectivity index (χ0n) is 10.2. The van der Waals surface area contributed by atoms with Gasteiger partial charge in [-0.05, 0) is 24.6 Å². The van der Waals surface area contributed by atoms with Crippen molar-refractivity contribution in [2.75, 3.05) is 5.32 Å². The second-order valence-electron chi connectivity index (χ2n) is 3.93. The predicted octanol–water partition coefficient (Wildman–Crippen LogP) is 2.85. The van der Waals surface area contributed by atoms with E-state index in [4.69, 9.17) is 16.7 Å². The minimum atomic E-state index is -1.01. The predicted molar refractivity (Wildman–Crippen MR) is 69.9 cm³/mol. The number of carboxylic acid groups (broad SMARTS) is 1. The number of aliphatic carboxylic acids is 1. The summed E-state index contributed by atoms with van der Waals surface area (Å²) in [6, 6.07) is 2.58. The Morgan fingerprint density at radius 3 is 2.74 bits per heavy atom. The first-order valence-electron chi connectivity index (χ1n) is 5.66. The molecule has 0 heterocycles. The van der Waals surface area contributed by atoms with Crippen LogP contribution in [0.25, 0.3) is 0 Å². The summed E-state index contributed by atoms with van der Waals surface area (Å²) in [5, 5.41) is 13.7. The number of urea groups is 1. The largest absolute Gasteiger partial charge is 0.481 e. The molecular weight excluding hydrogens is 275 g/mol. The van der Waals surface area contributed by atoms with Crippen molar-refractivity contribution in [3.05, 3.63) is 29.0 Å². The van der Waals surface area contributed by atoms with E-state index in [9.17, 15) is 14.0 Å². The van der Waals surface area contributed by atoms with Crippen molar-refractivity contribution in [3.63, 3.8) is 0 Å². The zero-order valence-corrected chi connectivity index (χ0v) is 11.0. The van der Waals surface area contributed by atoms with E-state index < -0.39 is 23.9 Å². The van der Waals surface area contributed by atoms with Gasteiger partial charge in [0, 0.05) is 11.1 Å². The van der Waals surface area contributed by atoms with E-state index in [1.807, 2.05) is 0 Å². The van der Waals surface area contributed by atoms with Crippen LogP contribution in [0.1, 0.15) is 19.8 Å². The van der Waals surface area contributed by atoms with Crippen molar-refractivity contribution in [1.82, 2.24) is 5.32 Å². The van der Waals surface area contributed by atoms with Gasteiger partial charge in [-0.2, -0.15) is 0 Å². The first-order chi connectivity index (χ1) is 8.92. The van der Waals surface area contributed by atoms with Crippen molar-refractivity contribution < 1.29 is 19.1 Å². The van der Waals surface area contributed by atoms with Gasteiger partial charge in [0.1, 0.15) is 5.82 Å². The van der Waals surface area contributed by atoms with E-state index in [0.717, 1.165) is 6.07 Å². The van der Waals surface area contributed by atoms with Gasteiger partial charge in [0.05, 0.1) is 12.1 Å². The summed E-state index contributed by atoms with van der Waals surface area (Å²) in [5.41, 5.74) is -0.0600. The molecule has 1 aromatic carbocycles. The van der Waals surface area contributed by atoms with Crippen LogP contribution in [0.4, 0.5) is 14.9 Å². The Labute approximate surface area is 114 Å². The van der Waals surface area contributed by atoms with Crippen molar-refractivity contribution in [2.45, 2.75) is 25.8 Å². The van der Waals surface area contributed by atoms with Gasteiger partial charge in [-0.1, -0.05) is 18.5 Å². The molecule has 1 unspecified atom stereocenters. The summed E-state index contributed by atoms with van der Waals surface area (Å²) in [4.78, 5) is 22.2. The van der Waals surface area contributed by atoms with Crippen LogP contribution in [0, 0.1) is 5.82 Å². The number of hydrogen-bond donors (Lipinski definition) is 3. The van der Waals surface area contributed by atoms with E-state index >= 15 is 0 Å². The van der Waals surface area contributed by atoms with E-state index in [2.05, 4.69) is 10.6 Å². The fourth-order valence-corrected chi connectivity index (χ4v) is 1.62. The minimum absolute atomic E-state index is 0.0600. The molecule has 19 heavy (non-hydrogen) atoms. The highest BCUT2D eigenvalue weighted by Gasteiger charge is 2.15. The maximum absolute atomic E-state index is 13.4. The highest BCUT2D eigenvalue weighted by Crippen LogP contribution is 2.19. The monoisotopic (exact) mass is 288 g/mol. The van der Waals surface area contributed by atoms with Crippen LogP contribution < -0.4 is 10.6 Å². The van der Waals surface area contributed by atoms with E-state index in [-0.39, 0.29) is 17.1 Å². The van der Waals surface area contributed by atoms with Crippen LogP contribution in [0.5, 0.6) is 0 Å². The number of anilines is 1. The van der Waals surface area contributed by atoms with Gasteiger partial charge in [0.25, 0.3) is 0 Å². The average molecular weight is 289 g/mol. The van der Waals surface area contributed by atoms with Crippen LogP contribution in [-0.4, -0.2) is 23.1 Å². The lowest BCUT2D eigenvalue weighted by atomic mass is 10.1. The van der Waals surface area contributed by atoms with E-state index in [0.29, 0.717) is 6.42 Å². The molecular formula is C12H14ClFN2O3. The summed E-state index contributed by atoms with van der Waals surface area (Å²) in [7, 11) is 0. The summed E-state index contributed by atoms with van der Waals surface area (Å²) < 4.78 is 13.4. The molecule has 0 fully saturated rings. The Kier molecular flexibility index (Phi) is 5.57. The number of carbonyl (C=O) groups excluding carboxylic acids is 1. The topological polar surface area (TPSA) is 78.4 Å². The molecule has 1 aromatic rings. The molecule has 0 saturated carbocycles. The summed E-state index contributed by atoms with van der Waals surface area (Å²) in [6.07, 6.45) is 0.264. The molecule has 0 aliphatic carbocycles. The molecule has 0 spiro atoms. The standard InChI is InChI=1S/C12H14ClFN2O3/c1-2-8(6-11(17)18)15-12(19)16-10-5-7(13)3-4-9(10)14/h3-5,8H,2,6H2,1H3,(H,17,18)(H2,15,16,19). The van der Waals surface area contributed by atoms with Gasteiger partial charge >= 0.3 is 12.0 Å². The van der Waals surface area contributed by atoms with Gasteiger partial charge in [0.2, 0.25) is 0 Å². The number of hydrogen-bond acceptors (Lipinski definition) is 2. The summed E-state index contributed by atoms with van der Waals surface area (Å²) in [6.45, 7) is 1.74. The lowest BCUT2D eigenvalue weighted by molar-refractivity contribution is -0.137. The normalized spacial score (nSPS) is 11.7. The van der Waals surface area contributed by atoms with Crippen molar-refractivity contribution in [1.29, 1.82) is 0 Å². The van der Waals surface area contributed by atoms with Gasteiger partial charge in [0.15, 0.2) is 0 Å². The van der Waals surface area contributed by atoms with Crippen LogP contribution >= 0.6 is 11.6 Å². The molecule has 0 aromatic heterocycles. The van der Waals surface area contributed by atoms with E-state index in [1.165, 1.54) is 12.1 Å². The molecule has 1 rings (SSSR count). The second kappa shape index (κ2) is 6.94. The smallest absolute Gasteiger partial charge is 0.319 e. The van der Waals surface area contributed by atoms with Gasteiger partial charge in [-0.3, -0.25) is 4.79 Å². The van der Waals surface area contributed by atoms with Crippen LogP contribution in [-0.2, 0) is 4.79 Å². The molecule has 0 aliphatic heterocycles. The highest BCUT2D eigenvalue weighted by atomic mass is 35.5. The van der Waals surface area contributed by atoms with Crippen LogP contribution in [0.15, 0.2) is 18.2 Å². The second-order valence-corrected chi connectivity index (χ2v) is 4.36. The molecule has 3 N–H and O–H groups in total. The Hall–Kier alpha value is -1.82. The first kappa shape index (κ1) is 15.2. The Morgan fingerprint density at radius 2 is 2.16 bits per heavy atom. The van der Waals surface area contributed by atoms with Crippen molar-refractivity contribution >= 4 is 29.3 Å². The number of carbonyl (C=O) groups is 2. The Balaban J connectivity index is 2.63. The molecule has 0 saturated heterocycles.